The van der Waals surface area contributed by atoms with Gasteiger partial charge in [-0.05, 0) is 32.8 Å². The molecular formula is C13H19N3O. The SMILES string of the molecule is C/C=C(\C)C(=O)N1CCCC(c2ccn[nH]2)C1. The van der Waals surface area contributed by atoms with Gasteiger partial charge in [0.05, 0.1) is 0 Å². The summed E-state index contributed by atoms with van der Waals surface area (Å²) in [6, 6.07) is 2.00. The molecule has 17 heavy (non-hydrogen) atoms. The lowest BCUT2D eigenvalue weighted by atomic mass is 9.94. The Morgan fingerprint density at radius 2 is 2.47 bits per heavy atom. The fourth-order valence-corrected chi connectivity index (χ4v) is 2.28. The molecule has 1 N–H and O–H groups in total. The highest BCUT2D eigenvalue weighted by molar-refractivity contribution is 5.92. The van der Waals surface area contributed by atoms with Gasteiger partial charge in [-0.3, -0.25) is 9.89 Å². The van der Waals surface area contributed by atoms with E-state index in [4.69, 9.17) is 0 Å². The summed E-state index contributed by atoms with van der Waals surface area (Å²) in [5, 5.41) is 6.99. The lowest BCUT2D eigenvalue weighted by Crippen LogP contribution is -2.39. The second kappa shape index (κ2) is 5.17. The standard InChI is InChI=1S/C13H19N3O/c1-3-10(2)13(17)16-8-4-5-11(9-16)12-6-7-14-15-12/h3,6-7,11H,4-5,8-9H2,1-2H3,(H,14,15)/b10-3+. The van der Waals surface area contributed by atoms with Gasteiger partial charge < -0.3 is 4.90 Å². The lowest BCUT2D eigenvalue weighted by molar-refractivity contribution is -0.128. The van der Waals surface area contributed by atoms with Crippen molar-refractivity contribution in [3.8, 4) is 0 Å². The fourth-order valence-electron chi connectivity index (χ4n) is 2.28. The van der Waals surface area contributed by atoms with Gasteiger partial charge in [-0.25, -0.2) is 0 Å². The van der Waals surface area contributed by atoms with Crippen LogP contribution in [0.4, 0.5) is 0 Å². The molecule has 0 radical (unpaired) electrons. The van der Waals surface area contributed by atoms with Crippen LogP contribution in [0.2, 0.25) is 0 Å². The van der Waals surface area contributed by atoms with Crippen molar-refractivity contribution >= 4 is 5.91 Å². The first-order valence-corrected chi connectivity index (χ1v) is 6.14. The molecule has 2 rings (SSSR count). The third-order valence-electron chi connectivity index (χ3n) is 3.44. The van der Waals surface area contributed by atoms with Crippen LogP contribution in [0.5, 0.6) is 0 Å². The maximum atomic E-state index is 12.1. The summed E-state index contributed by atoms with van der Waals surface area (Å²) >= 11 is 0. The summed E-state index contributed by atoms with van der Waals surface area (Å²) in [5.74, 6) is 0.566. The van der Waals surface area contributed by atoms with Crippen LogP contribution in [-0.2, 0) is 4.79 Å². The zero-order valence-corrected chi connectivity index (χ0v) is 10.4. The maximum absolute atomic E-state index is 12.1. The first-order chi connectivity index (χ1) is 8.22. The molecule has 1 unspecified atom stereocenters. The average molecular weight is 233 g/mol. The molecule has 0 aromatic carbocycles. The summed E-state index contributed by atoms with van der Waals surface area (Å²) in [6.07, 6.45) is 5.84. The van der Waals surface area contributed by atoms with Crippen molar-refractivity contribution in [1.82, 2.24) is 15.1 Å². The van der Waals surface area contributed by atoms with Crippen molar-refractivity contribution in [3.63, 3.8) is 0 Å². The Bertz CT molecular complexity index is 408. The zero-order valence-electron chi connectivity index (χ0n) is 10.4. The van der Waals surface area contributed by atoms with Gasteiger partial charge >= 0.3 is 0 Å². The van der Waals surface area contributed by atoms with Gasteiger partial charge in [0.2, 0.25) is 5.91 Å². The average Bonchev–Trinajstić information content (AvgIpc) is 2.91. The van der Waals surface area contributed by atoms with E-state index in [2.05, 4.69) is 10.2 Å². The molecule has 1 amide bonds. The third kappa shape index (κ3) is 2.57. The number of amides is 1. The van der Waals surface area contributed by atoms with E-state index in [-0.39, 0.29) is 5.91 Å². The van der Waals surface area contributed by atoms with Crippen molar-refractivity contribution in [2.24, 2.45) is 0 Å². The highest BCUT2D eigenvalue weighted by Crippen LogP contribution is 2.25. The summed E-state index contributed by atoms with van der Waals surface area (Å²) in [6.45, 7) is 5.45. The van der Waals surface area contributed by atoms with Crippen molar-refractivity contribution in [2.75, 3.05) is 13.1 Å². The lowest BCUT2D eigenvalue weighted by Gasteiger charge is -2.32. The fraction of sp³-hybridized carbons (Fsp3) is 0.538. The van der Waals surface area contributed by atoms with Gasteiger partial charge in [0.25, 0.3) is 0 Å². The van der Waals surface area contributed by atoms with Crippen LogP contribution in [0.25, 0.3) is 0 Å². The highest BCUT2D eigenvalue weighted by Gasteiger charge is 2.25. The van der Waals surface area contributed by atoms with Gasteiger partial charge in [0.15, 0.2) is 0 Å². The number of allylic oxidation sites excluding steroid dienone is 1. The molecule has 0 saturated carbocycles. The molecule has 1 aliphatic rings. The molecule has 1 fully saturated rings. The van der Waals surface area contributed by atoms with Crippen LogP contribution < -0.4 is 0 Å². The predicted octanol–water partition coefficient (Wildman–Crippen LogP) is 2.08. The van der Waals surface area contributed by atoms with Gasteiger partial charge in [-0.15, -0.1) is 0 Å². The number of nitrogens with one attached hydrogen (secondary N) is 1. The number of hydrogen-bond acceptors (Lipinski definition) is 2. The Labute approximate surface area is 102 Å². The van der Waals surface area contributed by atoms with E-state index in [1.807, 2.05) is 30.9 Å². The van der Waals surface area contributed by atoms with Crippen LogP contribution in [0.15, 0.2) is 23.9 Å². The van der Waals surface area contributed by atoms with Crippen molar-refractivity contribution < 1.29 is 4.79 Å². The van der Waals surface area contributed by atoms with E-state index >= 15 is 0 Å². The Morgan fingerprint density at radius 1 is 1.65 bits per heavy atom. The molecule has 1 saturated heterocycles. The van der Waals surface area contributed by atoms with E-state index in [1.54, 1.807) is 6.20 Å². The molecule has 2 heterocycles. The maximum Gasteiger partial charge on any atom is 0.249 e. The molecule has 0 bridgehead atoms. The summed E-state index contributed by atoms with van der Waals surface area (Å²) in [5.41, 5.74) is 1.97. The molecule has 4 nitrogen and oxygen atoms in total. The molecule has 92 valence electrons. The molecule has 4 heteroatoms. The van der Waals surface area contributed by atoms with Crippen LogP contribution >= 0.6 is 0 Å². The minimum atomic E-state index is 0.164. The topological polar surface area (TPSA) is 49.0 Å². The number of carbonyl (C=O) groups excluding carboxylic acids is 1. The van der Waals surface area contributed by atoms with Crippen LogP contribution in [0.1, 0.15) is 38.3 Å². The van der Waals surface area contributed by atoms with E-state index in [9.17, 15) is 4.79 Å². The molecule has 1 aliphatic heterocycles. The third-order valence-corrected chi connectivity index (χ3v) is 3.44. The van der Waals surface area contributed by atoms with Crippen LogP contribution in [-0.4, -0.2) is 34.1 Å². The Hall–Kier alpha value is -1.58. The van der Waals surface area contributed by atoms with Crippen LogP contribution in [0, 0.1) is 0 Å². The molecule has 0 spiro atoms. The second-order valence-electron chi connectivity index (χ2n) is 4.57. The van der Waals surface area contributed by atoms with Gasteiger partial charge in [-0.1, -0.05) is 6.08 Å². The number of aromatic amines is 1. The predicted molar refractivity (Wildman–Crippen MR) is 66.6 cm³/mol. The molecule has 1 aromatic rings. The van der Waals surface area contributed by atoms with Crippen molar-refractivity contribution in [2.45, 2.75) is 32.6 Å². The Balaban J connectivity index is 2.05. The number of hydrogen-bond donors (Lipinski definition) is 1. The van der Waals surface area contributed by atoms with Gasteiger partial charge in [0, 0.05) is 36.5 Å². The van der Waals surface area contributed by atoms with Crippen LogP contribution in [0.3, 0.4) is 0 Å². The monoisotopic (exact) mass is 233 g/mol. The summed E-state index contributed by atoms with van der Waals surface area (Å²) in [4.78, 5) is 14.0. The number of carbonyl (C=O) groups is 1. The quantitative estimate of drug-likeness (QED) is 0.795. The van der Waals surface area contributed by atoms with Gasteiger partial charge in [0.1, 0.15) is 0 Å². The number of likely N-dealkylation sites (tertiary alicyclic amines) is 1. The smallest absolute Gasteiger partial charge is 0.249 e. The second-order valence-corrected chi connectivity index (χ2v) is 4.57. The number of rotatable bonds is 2. The summed E-state index contributed by atoms with van der Waals surface area (Å²) < 4.78 is 0. The van der Waals surface area contributed by atoms with E-state index in [0.29, 0.717) is 5.92 Å². The Morgan fingerprint density at radius 3 is 3.12 bits per heavy atom. The molecular weight excluding hydrogens is 214 g/mol. The number of piperidine rings is 1. The first-order valence-electron chi connectivity index (χ1n) is 6.14. The molecule has 1 aromatic heterocycles. The highest BCUT2D eigenvalue weighted by atomic mass is 16.2. The number of aromatic nitrogens is 2. The van der Waals surface area contributed by atoms with E-state index < -0.39 is 0 Å². The van der Waals surface area contributed by atoms with Crippen molar-refractivity contribution in [1.29, 1.82) is 0 Å². The normalized spacial score (nSPS) is 21.6. The van der Waals surface area contributed by atoms with E-state index in [0.717, 1.165) is 37.2 Å². The zero-order chi connectivity index (χ0) is 12.3. The minimum Gasteiger partial charge on any atom is -0.338 e. The number of H-pyrrole nitrogens is 1. The minimum absolute atomic E-state index is 0.164. The van der Waals surface area contributed by atoms with Gasteiger partial charge in [-0.2, -0.15) is 5.10 Å². The Kier molecular flexibility index (Phi) is 3.61. The summed E-state index contributed by atoms with van der Waals surface area (Å²) in [7, 11) is 0. The van der Waals surface area contributed by atoms with E-state index in [1.165, 1.54) is 0 Å². The number of nitrogens with zero attached hydrogens (tertiary/aromatic N) is 2. The first kappa shape index (κ1) is 11.9. The largest absolute Gasteiger partial charge is 0.338 e. The molecule has 0 aliphatic carbocycles. The van der Waals surface area contributed by atoms with Crippen molar-refractivity contribution in [3.05, 3.63) is 29.6 Å². The molecule has 1 atom stereocenters.